The van der Waals surface area contributed by atoms with Crippen LogP contribution in [0.4, 0.5) is 0 Å². The SMILES string of the molecule is CC1NCC(C)(C)C2(CCOC2)O1. The predicted octanol–water partition coefficient (Wildman–Crippen LogP) is 1.14. The summed E-state index contributed by atoms with van der Waals surface area (Å²) in [6, 6.07) is 0. The van der Waals surface area contributed by atoms with Gasteiger partial charge in [0.1, 0.15) is 11.8 Å². The van der Waals surface area contributed by atoms with E-state index in [1.54, 1.807) is 0 Å². The molecule has 0 bridgehead atoms. The van der Waals surface area contributed by atoms with Gasteiger partial charge in [-0.15, -0.1) is 0 Å². The molecule has 2 aliphatic heterocycles. The van der Waals surface area contributed by atoms with Gasteiger partial charge in [0.2, 0.25) is 0 Å². The first kappa shape index (κ1) is 9.44. The Morgan fingerprint density at radius 3 is 2.77 bits per heavy atom. The van der Waals surface area contributed by atoms with Gasteiger partial charge in [-0.05, 0) is 6.92 Å². The third kappa shape index (κ3) is 1.39. The second-order valence-electron chi connectivity index (χ2n) is 4.82. The highest BCUT2D eigenvalue weighted by molar-refractivity contribution is 5.01. The molecule has 2 heterocycles. The van der Waals surface area contributed by atoms with Crippen molar-refractivity contribution < 1.29 is 9.47 Å². The van der Waals surface area contributed by atoms with E-state index in [0.29, 0.717) is 0 Å². The first-order chi connectivity index (χ1) is 6.06. The minimum atomic E-state index is -0.0440. The maximum atomic E-state index is 6.01. The fourth-order valence-electron chi connectivity index (χ4n) is 2.27. The Morgan fingerprint density at radius 1 is 1.38 bits per heavy atom. The van der Waals surface area contributed by atoms with Crippen LogP contribution >= 0.6 is 0 Å². The van der Waals surface area contributed by atoms with Crippen LogP contribution in [0.25, 0.3) is 0 Å². The maximum Gasteiger partial charge on any atom is 0.106 e. The summed E-state index contributed by atoms with van der Waals surface area (Å²) in [5, 5.41) is 3.35. The highest BCUT2D eigenvalue weighted by Crippen LogP contribution is 2.43. The quantitative estimate of drug-likeness (QED) is 0.614. The summed E-state index contributed by atoms with van der Waals surface area (Å²) < 4.78 is 11.5. The van der Waals surface area contributed by atoms with E-state index in [4.69, 9.17) is 9.47 Å². The van der Waals surface area contributed by atoms with E-state index in [1.807, 2.05) is 0 Å². The average Bonchev–Trinajstić information content (AvgIpc) is 2.49. The zero-order chi connectivity index (χ0) is 9.53. The van der Waals surface area contributed by atoms with Crippen LogP contribution in [0.15, 0.2) is 0 Å². The van der Waals surface area contributed by atoms with Gasteiger partial charge in [-0.3, -0.25) is 5.32 Å². The van der Waals surface area contributed by atoms with Gasteiger partial charge in [0.05, 0.1) is 6.61 Å². The second kappa shape index (κ2) is 2.94. The third-order valence-electron chi connectivity index (χ3n) is 3.45. The van der Waals surface area contributed by atoms with Gasteiger partial charge < -0.3 is 9.47 Å². The Balaban J connectivity index is 2.20. The lowest BCUT2D eigenvalue weighted by atomic mass is 9.73. The smallest absolute Gasteiger partial charge is 0.106 e. The Hall–Kier alpha value is -0.120. The van der Waals surface area contributed by atoms with Crippen molar-refractivity contribution in [3.05, 3.63) is 0 Å². The number of ether oxygens (including phenoxy) is 2. The van der Waals surface area contributed by atoms with Crippen molar-refractivity contribution in [1.82, 2.24) is 5.32 Å². The summed E-state index contributed by atoms with van der Waals surface area (Å²) in [5.74, 6) is 0. The number of hydrogen-bond donors (Lipinski definition) is 1. The standard InChI is InChI=1S/C10H19NO2/c1-8-11-6-9(2,3)10(13-8)4-5-12-7-10/h8,11H,4-7H2,1-3H3. The lowest BCUT2D eigenvalue weighted by Gasteiger charge is -2.49. The molecule has 0 aromatic heterocycles. The molecule has 2 aliphatic rings. The molecule has 0 aromatic rings. The van der Waals surface area contributed by atoms with Crippen LogP contribution in [-0.2, 0) is 9.47 Å². The summed E-state index contributed by atoms with van der Waals surface area (Å²) in [5.41, 5.74) is 0.133. The van der Waals surface area contributed by atoms with Crippen LogP contribution in [-0.4, -0.2) is 31.6 Å². The number of rotatable bonds is 0. The summed E-state index contributed by atoms with van der Waals surface area (Å²) >= 11 is 0. The number of hydrogen-bond acceptors (Lipinski definition) is 3. The van der Waals surface area contributed by atoms with Crippen LogP contribution in [0.1, 0.15) is 27.2 Å². The molecule has 2 fully saturated rings. The molecule has 2 rings (SSSR count). The van der Waals surface area contributed by atoms with Crippen molar-refractivity contribution in [3.8, 4) is 0 Å². The molecule has 0 radical (unpaired) electrons. The predicted molar refractivity (Wildman–Crippen MR) is 50.5 cm³/mol. The van der Waals surface area contributed by atoms with Gasteiger partial charge in [0.15, 0.2) is 0 Å². The third-order valence-corrected chi connectivity index (χ3v) is 3.45. The highest BCUT2D eigenvalue weighted by Gasteiger charge is 2.52. The molecule has 3 heteroatoms. The van der Waals surface area contributed by atoms with Gasteiger partial charge >= 0.3 is 0 Å². The fraction of sp³-hybridized carbons (Fsp3) is 1.00. The largest absolute Gasteiger partial charge is 0.378 e. The maximum absolute atomic E-state index is 6.01. The van der Waals surface area contributed by atoms with E-state index in [9.17, 15) is 0 Å². The molecule has 1 spiro atoms. The molecule has 3 nitrogen and oxygen atoms in total. The van der Waals surface area contributed by atoms with Gasteiger partial charge in [0, 0.05) is 25.0 Å². The minimum Gasteiger partial charge on any atom is -0.378 e. The highest BCUT2D eigenvalue weighted by atomic mass is 16.6. The van der Waals surface area contributed by atoms with Gasteiger partial charge in [-0.1, -0.05) is 13.8 Å². The van der Waals surface area contributed by atoms with E-state index >= 15 is 0 Å². The molecule has 0 amide bonds. The van der Waals surface area contributed by atoms with E-state index in [0.717, 1.165) is 26.2 Å². The molecule has 2 unspecified atom stereocenters. The Labute approximate surface area is 79.8 Å². The molecule has 13 heavy (non-hydrogen) atoms. The first-order valence-corrected chi connectivity index (χ1v) is 5.05. The molecule has 0 aliphatic carbocycles. The van der Waals surface area contributed by atoms with Crippen LogP contribution in [0.3, 0.4) is 0 Å². The monoisotopic (exact) mass is 185 g/mol. The van der Waals surface area contributed by atoms with E-state index in [2.05, 4.69) is 26.1 Å². The lowest BCUT2D eigenvalue weighted by Crippen LogP contribution is -2.61. The molecule has 76 valence electrons. The summed E-state index contributed by atoms with van der Waals surface area (Å²) in [6.45, 7) is 9.18. The van der Waals surface area contributed by atoms with E-state index in [-0.39, 0.29) is 17.2 Å². The van der Waals surface area contributed by atoms with Gasteiger partial charge in [0.25, 0.3) is 0 Å². The average molecular weight is 185 g/mol. The first-order valence-electron chi connectivity index (χ1n) is 5.05. The van der Waals surface area contributed by atoms with Crippen molar-refractivity contribution in [2.75, 3.05) is 19.8 Å². The van der Waals surface area contributed by atoms with Crippen molar-refractivity contribution in [2.24, 2.45) is 5.41 Å². The van der Waals surface area contributed by atoms with Crippen LogP contribution in [0.5, 0.6) is 0 Å². The van der Waals surface area contributed by atoms with Gasteiger partial charge in [-0.2, -0.15) is 0 Å². The summed E-state index contributed by atoms with van der Waals surface area (Å²) in [6.07, 6.45) is 1.20. The molecule has 0 saturated carbocycles. The zero-order valence-corrected chi connectivity index (χ0v) is 8.72. The van der Waals surface area contributed by atoms with Crippen molar-refractivity contribution in [3.63, 3.8) is 0 Å². The van der Waals surface area contributed by atoms with E-state index < -0.39 is 0 Å². The molecule has 0 aromatic carbocycles. The van der Waals surface area contributed by atoms with Crippen molar-refractivity contribution in [1.29, 1.82) is 0 Å². The second-order valence-corrected chi connectivity index (χ2v) is 4.82. The molecular formula is C10H19NO2. The Morgan fingerprint density at radius 2 is 2.15 bits per heavy atom. The zero-order valence-electron chi connectivity index (χ0n) is 8.72. The lowest BCUT2D eigenvalue weighted by molar-refractivity contribution is -0.192. The number of nitrogens with one attached hydrogen (secondary N) is 1. The molecular weight excluding hydrogens is 166 g/mol. The molecule has 2 saturated heterocycles. The summed E-state index contributed by atoms with van der Waals surface area (Å²) in [4.78, 5) is 0. The summed E-state index contributed by atoms with van der Waals surface area (Å²) in [7, 11) is 0. The van der Waals surface area contributed by atoms with Crippen molar-refractivity contribution >= 4 is 0 Å². The normalized spacial score (nSPS) is 44.1. The van der Waals surface area contributed by atoms with Crippen molar-refractivity contribution in [2.45, 2.75) is 39.0 Å². The van der Waals surface area contributed by atoms with Crippen LogP contribution < -0.4 is 5.32 Å². The molecule has 2 atom stereocenters. The minimum absolute atomic E-state index is 0.0440. The Kier molecular flexibility index (Phi) is 2.13. The van der Waals surface area contributed by atoms with Crippen LogP contribution in [0, 0.1) is 5.41 Å². The fourth-order valence-corrected chi connectivity index (χ4v) is 2.27. The molecule has 1 N–H and O–H groups in total. The van der Waals surface area contributed by atoms with Crippen LogP contribution in [0.2, 0.25) is 0 Å². The van der Waals surface area contributed by atoms with Gasteiger partial charge in [-0.25, -0.2) is 0 Å². The van der Waals surface area contributed by atoms with E-state index in [1.165, 1.54) is 0 Å². The topological polar surface area (TPSA) is 30.5 Å². The Bertz CT molecular complexity index is 197.